The Labute approximate surface area is 123 Å². The molecule has 0 fully saturated rings. The number of nitrogens with zero attached hydrogens (tertiary/aromatic N) is 2. The Balaban J connectivity index is 2.62. The van der Waals surface area contributed by atoms with Gasteiger partial charge in [-0.05, 0) is 32.6 Å². The van der Waals surface area contributed by atoms with Crippen LogP contribution in [0.15, 0.2) is 18.2 Å². The number of non-ortho nitro benzene ring substituents is 1. The van der Waals surface area contributed by atoms with Crippen molar-refractivity contribution in [1.82, 2.24) is 10.2 Å². The zero-order chi connectivity index (χ0) is 15.3. The third-order valence-electron chi connectivity index (χ3n) is 2.72. The van der Waals surface area contributed by atoms with Gasteiger partial charge in [-0.15, -0.1) is 0 Å². The molecule has 0 heterocycles. The lowest BCUT2D eigenvalue weighted by Gasteiger charge is -2.27. The summed E-state index contributed by atoms with van der Waals surface area (Å²) in [6.07, 6.45) is 0. The van der Waals surface area contributed by atoms with Crippen LogP contribution in [-0.4, -0.2) is 47.7 Å². The normalized spacial score (nSPS) is 14.3. The summed E-state index contributed by atoms with van der Waals surface area (Å²) in [5, 5.41) is 24.4. The Kier molecular flexibility index (Phi) is 5.88. The molecule has 2 N–H and O–H groups in total. The molecule has 1 unspecified atom stereocenters. The Morgan fingerprint density at radius 3 is 2.70 bits per heavy atom. The predicted molar refractivity (Wildman–Crippen MR) is 79.0 cm³/mol. The number of benzene rings is 1. The summed E-state index contributed by atoms with van der Waals surface area (Å²) in [7, 11) is 3.76. The van der Waals surface area contributed by atoms with E-state index < -0.39 is 10.5 Å². The van der Waals surface area contributed by atoms with Gasteiger partial charge in [0.1, 0.15) is 0 Å². The summed E-state index contributed by atoms with van der Waals surface area (Å²) >= 11 is 6.00. The Hall–Kier alpha value is -1.21. The lowest BCUT2D eigenvalue weighted by Crippen LogP contribution is -2.45. The number of aliphatic hydroxyl groups is 1. The number of nitro benzene ring substituents is 1. The standard InChI is InChI=1S/C13H20ClN3O3/c1-13(18,9-16(2)3)8-15-7-10-6-11(17(19)20)4-5-12(10)14/h4-6,15,18H,7-9H2,1-3H3. The fraction of sp³-hybridized carbons (Fsp3) is 0.538. The van der Waals surface area contributed by atoms with Crippen LogP contribution in [-0.2, 0) is 6.54 Å². The molecule has 6 nitrogen and oxygen atoms in total. The highest BCUT2D eigenvalue weighted by Gasteiger charge is 2.20. The molecule has 1 aromatic rings. The second kappa shape index (κ2) is 6.99. The van der Waals surface area contributed by atoms with Gasteiger partial charge >= 0.3 is 0 Å². The minimum absolute atomic E-state index is 0.00579. The highest BCUT2D eigenvalue weighted by Crippen LogP contribution is 2.21. The quantitative estimate of drug-likeness (QED) is 0.591. The summed E-state index contributed by atoms with van der Waals surface area (Å²) in [6.45, 7) is 2.98. The number of rotatable bonds is 7. The van der Waals surface area contributed by atoms with Crippen molar-refractivity contribution >= 4 is 17.3 Å². The van der Waals surface area contributed by atoms with Gasteiger partial charge in [0, 0.05) is 36.8 Å². The van der Waals surface area contributed by atoms with Gasteiger partial charge in [0.15, 0.2) is 0 Å². The van der Waals surface area contributed by atoms with E-state index in [-0.39, 0.29) is 5.69 Å². The van der Waals surface area contributed by atoms with Gasteiger partial charge in [0.25, 0.3) is 5.69 Å². The van der Waals surface area contributed by atoms with Crippen LogP contribution in [0.2, 0.25) is 5.02 Å². The summed E-state index contributed by atoms with van der Waals surface area (Å²) in [5.41, 5.74) is -0.232. The number of hydrogen-bond acceptors (Lipinski definition) is 5. The third kappa shape index (κ3) is 5.42. The maximum absolute atomic E-state index is 10.7. The first-order valence-electron chi connectivity index (χ1n) is 6.22. The molecule has 7 heteroatoms. The maximum Gasteiger partial charge on any atom is 0.269 e. The maximum atomic E-state index is 10.7. The SMILES string of the molecule is CN(C)CC(C)(O)CNCc1cc([N+](=O)[O-])ccc1Cl. The highest BCUT2D eigenvalue weighted by molar-refractivity contribution is 6.31. The first-order chi connectivity index (χ1) is 9.21. The average Bonchev–Trinajstić information content (AvgIpc) is 2.29. The van der Waals surface area contributed by atoms with Crippen molar-refractivity contribution in [2.45, 2.75) is 19.1 Å². The molecule has 0 aromatic heterocycles. The first kappa shape index (κ1) is 16.8. The number of hydrogen-bond donors (Lipinski definition) is 2. The van der Waals surface area contributed by atoms with E-state index in [1.165, 1.54) is 18.2 Å². The van der Waals surface area contributed by atoms with Crippen molar-refractivity contribution in [3.05, 3.63) is 38.9 Å². The van der Waals surface area contributed by atoms with E-state index in [9.17, 15) is 15.2 Å². The van der Waals surface area contributed by atoms with Gasteiger partial charge in [-0.3, -0.25) is 10.1 Å². The fourth-order valence-corrected chi connectivity index (χ4v) is 2.20. The molecule has 0 spiro atoms. The summed E-state index contributed by atoms with van der Waals surface area (Å²) < 4.78 is 0. The van der Waals surface area contributed by atoms with Gasteiger partial charge in [0.2, 0.25) is 0 Å². The minimum atomic E-state index is -0.878. The van der Waals surface area contributed by atoms with Crippen LogP contribution >= 0.6 is 11.6 Å². The Bertz CT molecular complexity index is 478. The molecule has 0 aliphatic heterocycles. The Morgan fingerprint density at radius 2 is 2.15 bits per heavy atom. The van der Waals surface area contributed by atoms with Gasteiger partial charge in [-0.25, -0.2) is 0 Å². The number of nitrogens with one attached hydrogen (secondary N) is 1. The van der Waals surface area contributed by atoms with E-state index >= 15 is 0 Å². The second-order valence-electron chi connectivity index (χ2n) is 5.37. The van der Waals surface area contributed by atoms with Crippen LogP contribution in [0, 0.1) is 10.1 Å². The smallest absolute Gasteiger partial charge is 0.269 e. The molecule has 0 saturated carbocycles. The van der Waals surface area contributed by atoms with Crippen LogP contribution in [0.25, 0.3) is 0 Å². The molecule has 0 saturated heterocycles. The third-order valence-corrected chi connectivity index (χ3v) is 3.09. The number of likely N-dealkylation sites (N-methyl/N-ethyl adjacent to an activating group) is 1. The van der Waals surface area contributed by atoms with E-state index in [0.717, 1.165) is 0 Å². The van der Waals surface area contributed by atoms with Crippen molar-refractivity contribution in [3.8, 4) is 0 Å². The van der Waals surface area contributed by atoms with E-state index in [1.807, 2.05) is 19.0 Å². The van der Waals surface area contributed by atoms with Crippen LogP contribution in [0.3, 0.4) is 0 Å². The molecule has 1 rings (SSSR count). The molecular formula is C13H20ClN3O3. The topological polar surface area (TPSA) is 78.6 Å². The van der Waals surface area contributed by atoms with Crippen molar-refractivity contribution in [3.63, 3.8) is 0 Å². The molecule has 0 amide bonds. The van der Waals surface area contributed by atoms with Crippen LogP contribution in [0.4, 0.5) is 5.69 Å². The van der Waals surface area contributed by atoms with E-state index in [0.29, 0.717) is 30.2 Å². The molecule has 1 aromatic carbocycles. The summed E-state index contributed by atoms with van der Waals surface area (Å²) in [6, 6.07) is 4.32. The second-order valence-corrected chi connectivity index (χ2v) is 5.78. The van der Waals surface area contributed by atoms with Crippen molar-refractivity contribution in [2.24, 2.45) is 0 Å². The van der Waals surface area contributed by atoms with Crippen molar-refractivity contribution in [2.75, 3.05) is 27.2 Å². The van der Waals surface area contributed by atoms with Crippen LogP contribution in [0.1, 0.15) is 12.5 Å². The van der Waals surface area contributed by atoms with Crippen LogP contribution in [0.5, 0.6) is 0 Å². The molecule has 0 bridgehead atoms. The lowest BCUT2D eigenvalue weighted by atomic mass is 10.1. The fourth-order valence-electron chi connectivity index (χ4n) is 2.01. The zero-order valence-electron chi connectivity index (χ0n) is 11.9. The molecule has 1 atom stereocenters. The van der Waals surface area contributed by atoms with Crippen LogP contribution < -0.4 is 5.32 Å². The van der Waals surface area contributed by atoms with Crippen molar-refractivity contribution in [1.29, 1.82) is 0 Å². The first-order valence-corrected chi connectivity index (χ1v) is 6.60. The van der Waals surface area contributed by atoms with Gasteiger partial charge < -0.3 is 15.3 Å². The van der Waals surface area contributed by atoms with E-state index in [1.54, 1.807) is 6.92 Å². The number of halogens is 1. The van der Waals surface area contributed by atoms with Gasteiger partial charge in [0.05, 0.1) is 10.5 Å². The molecular weight excluding hydrogens is 282 g/mol. The van der Waals surface area contributed by atoms with E-state index in [2.05, 4.69) is 5.32 Å². The summed E-state index contributed by atoms with van der Waals surface area (Å²) in [4.78, 5) is 12.1. The average molecular weight is 302 g/mol. The number of nitro groups is 1. The van der Waals surface area contributed by atoms with Crippen molar-refractivity contribution < 1.29 is 10.0 Å². The molecule has 112 valence electrons. The molecule has 0 aliphatic rings. The Morgan fingerprint density at radius 1 is 1.50 bits per heavy atom. The zero-order valence-corrected chi connectivity index (χ0v) is 12.6. The molecule has 0 aliphatic carbocycles. The highest BCUT2D eigenvalue weighted by atomic mass is 35.5. The monoisotopic (exact) mass is 301 g/mol. The van der Waals surface area contributed by atoms with E-state index in [4.69, 9.17) is 11.6 Å². The molecule has 20 heavy (non-hydrogen) atoms. The predicted octanol–water partition coefficient (Wildman–Crippen LogP) is 1.65. The largest absolute Gasteiger partial charge is 0.388 e. The minimum Gasteiger partial charge on any atom is -0.388 e. The van der Waals surface area contributed by atoms with Gasteiger partial charge in [-0.1, -0.05) is 11.6 Å². The lowest BCUT2D eigenvalue weighted by molar-refractivity contribution is -0.384. The molecule has 0 radical (unpaired) electrons. The van der Waals surface area contributed by atoms with Gasteiger partial charge in [-0.2, -0.15) is 0 Å². The summed E-state index contributed by atoms with van der Waals surface area (Å²) in [5.74, 6) is 0.